The first-order chi connectivity index (χ1) is 17.9. The van der Waals surface area contributed by atoms with Gasteiger partial charge in [0, 0.05) is 18.7 Å². The molecule has 194 valence electrons. The van der Waals surface area contributed by atoms with Crippen LogP contribution in [-0.4, -0.2) is 44.6 Å². The molecule has 1 N–H and O–H groups in total. The highest BCUT2D eigenvalue weighted by Gasteiger charge is 2.44. The second-order valence-electron chi connectivity index (χ2n) is 8.81. The predicted octanol–water partition coefficient (Wildman–Crippen LogP) is 4.86. The molecular weight excluding hydrogens is 475 g/mol. The monoisotopic (exact) mass is 506 g/mol. The van der Waals surface area contributed by atoms with Gasteiger partial charge in [-0.1, -0.05) is 37.3 Å². The quantitative estimate of drug-likeness (QED) is 0.449. The van der Waals surface area contributed by atoms with Crippen LogP contribution in [0.3, 0.4) is 0 Å². The summed E-state index contributed by atoms with van der Waals surface area (Å²) >= 11 is 0. The van der Waals surface area contributed by atoms with Crippen LogP contribution < -0.4 is 19.5 Å². The number of carbonyl (C=O) groups excluding carboxylic acids is 2. The average Bonchev–Trinajstić information content (AvgIpc) is 2.93. The van der Waals surface area contributed by atoms with E-state index in [2.05, 4.69) is 5.32 Å². The van der Waals surface area contributed by atoms with Gasteiger partial charge in [-0.05, 0) is 53.4 Å². The third-order valence-electron chi connectivity index (χ3n) is 6.59. The maximum Gasteiger partial charge on any atom is 0.254 e. The fourth-order valence-corrected chi connectivity index (χ4v) is 4.91. The summed E-state index contributed by atoms with van der Waals surface area (Å²) in [6.07, 6.45) is 0.707. The van der Waals surface area contributed by atoms with Gasteiger partial charge in [0.2, 0.25) is 11.7 Å². The Labute approximate surface area is 216 Å². The number of hydrogen-bond donors (Lipinski definition) is 1. The van der Waals surface area contributed by atoms with E-state index >= 15 is 0 Å². The lowest BCUT2D eigenvalue weighted by Crippen LogP contribution is -2.47. The zero-order chi connectivity index (χ0) is 26.5. The first-order valence-corrected chi connectivity index (χ1v) is 12.1. The second-order valence-corrected chi connectivity index (χ2v) is 8.81. The molecule has 3 aromatic carbocycles. The van der Waals surface area contributed by atoms with E-state index in [1.807, 2.05) is 19.1 Å². The summed E-state index contributed by atoms with van der Waals surface area (Å²) in [5.74, 6) is -0.134. The molecule has 2 atom stereocenters. The van der Waals surface area contributed by atoms with Crippen LogP contribution in [-0.2, 0) is 11.3 Å². The Morgan fingerprint density at radius 3 is 2.22 bits per heavy atom. The van der Waals surface area contributed by atoms with E-state index in [0.29, 0.717) is 46.9 Å². The van der Waals surface area contributed by atoms with Gasteiger partial charge in [-0.25, -0.2) is 4.39 Å². The van der Waals surface area contributed by atoms with Crippen LogP contribution in [0, 0.1) is 5.82 Å². The Bertz CT molecular complexity index is 1250. The molecule has 4 rings (SSSR count). The number of nitrogens with one attached hydrogen (secondary N) is 1. The van der Waals surface area contributed by atoms with Crippen molar-refractivity contribution in [3.63, 3.8) is 0 Å². The average molecular weight is 507 g/mol. The van der Waals surface area contributed by atoms with Crippen molar-refractivity contribution in [3.8, 4) is 17.2 Å². The zero-order valence-electron chi connectivity index (χ0n) is 21.4. The van der Waals surface area contributed by atoms with E-state index in [1.165, 1.54) is 33.5 Å². The molecule has 0 aliphatic carbocycles. The number of methoxy groups -OCH3 is 3. The molecular formula is C29H31FN2O5. The normalized spacial score (nSPS) is 16.7. The second kappa shape index (κ2) is 11.3. The van der Waals surface area contributed by atoms with Gasteiger partial charge < -0.3 is 24.4 Å². The highest BCUT2D eigenvalue weighted by atomic mass is 19.1. The molecule has 8 heteroatoms. The van der Waals surface area contributed by atoms with Crippen LogP contribution >= 0.6 is 0 Å². The summed E-state index contributed by atoms with van der Waals surface area (Å²) < 4.78 is 30.0. The number of ether oxygens (including phenoxy) is 3. The summed E-state index contributed by atoms with van der Waals surface area (Å²) in [7, 11) is 4.58. The zero-order valence-corrected chi connectivity index (χ0v) is 21.4. The molecule has 0 aromatic heterocycles. The van der Waals surface area contributed by atoms with Gasteiger partial charge in [0.25, 0.3) is 5.91 Å². The van der Waals surface area contributed by atoms with Gasteiger partial charge in [-0.15, -0.1) is 0 Å². The Morgan fingerprint density at radius 1 is 0.973 bits per heavy atom. The van der Waals surface area contributed by atoms with Crippen LogP contribution in [0.15, 0.2) is 60.7 Å². The van der Waals surface area contributed by atoms with Gasteiger partial charge >= 0.3 is 0 Å². The van der Waals surface area contributed by atoms with Crippen molar-refractivity contribution in [1.29, 1.82) is 0 Å². The molecule has 0 bridgehead atoms. The van der Waals surface area contributed by atoms with Crippen molar-refractivity contribution in [1.82, 2.24) is 10.2 Å². The van der Waals surface area contributed by atoms with Gasteiger partial charge in [-0.2, -0.15) is 0 Å². The highest BCUT2D eigenvalue weighted by Crippen LogP contribution is 2.47. The molecule has 3 aromatic rings. The minimum atomic E-state index is -0.705. The summed E-state index contributed by atoms with van der Waals surface area (Å²) in [6, 6.07) is 16.1. The number of hydrogen-bond acceptors (Lipinski definition) is 5. The Morgan fingerprint density at radius 2 is 1.62 bits per heavy atom. The fraction of sp³-hybridized carbons (Fsp3) is 0.310. The number of fused-ring (bicyclic) bond motifs is 1. The van der Waals surface area contributed by atoms with E-state index in [9.17, 15) is 14.0 Å². The number of carbonyl (C=O) groups is 2. The third-order valence-corrected chi connectivity index (χ3v) is 6.59. The van der Waals surface area contributed by atoms with Crippen molar-refractivity contribution in [2.24, 2.45) is 0 Å². The van der Waals surface area contributed by atoms with Crippen LogP contribution in [0.25, 0.3) is 0 Å². The molecule has 1 aliphatic heterocycles. The molecule has 0 unspecified atom stereocenters. The molecule has 0 radical (unpaired) electrons. The molecule has 7 nitrogen and oxygen atoms in total. The number of amides is 2. The van der Waals surface area contributed by atoms with E-state index < -0.39 is 12.0 Å². The SMILES string of the molecule is CCCN1C(=O)c2ccccc2[C@H](C(=O)NCc2ccc(F)cc2)[C@@H]1c1cc(OC)c(OC)c(OC)c1. The summed E-state index contributed by atoms with van der Waals surface area (Å²) in [5.41, 5.74) is 2.61. The smallest absolute Gasteiger partial charge is 0.254 e. The van der Waals surface area contributed by atoms with Crippen LogP contribution in [0.1, 0.15) is 52.4 Å². The van der Waals surface area contributed by atoms with Gasteiger partial charge in [0.05, 0.1) is 33.3 Å². The minimum Gasteiger partial charge on any atom is -0.493 e. The molecule has 0 saturated carbocycles. The van der Waals surface area contributed by atoms with E-state index in [-0.39, 0.29) is 24.2 Å². The molecule has 2 amide bonds. The topological polar surface area (TPSA) is 77.1 Å². The Kier molecular flexibility index (Phi) is 7.96. The van der Waals surface area contributed by atoms with Crippen molar-refractivity contribution in [2.45, 2.75) is 31.8 Å². The van der Waals surface area contributed by atoms with Crippen molar-refractivity contribution in [3.05, 3.63) is 88.7 Å². The number of halogens is 1. The maximum absolute atomic E-state index is 13.9. The minimum absolute atomic E-state index is 0.140. The van der Waals surface area contributed by atoms with Crippen LogP contribution in [0.5, 0.6) is 17.2 Å². The number of benzene rings is 3. The number of nitrogens with zero attached hydrogens (tertiary/aromatic N) is 1. The standard InChI is InChI=1S/C29H31FN2O5/c1-5-14-32-26(19-15-23(35-2)27(37-4)24(16-19)36-3)25(21-8-6-7-9-22(21)29(32)34)28(33)31-17-18-10-12-20(30)13-11-18/h6-13,15-16,25-26H,5,14,17H2,1-4H3,(H,31,33)/t25-,26-/m0/s1. The first kappa shape index (κ1) is 26.0. The lowest BCUT2D eigenvalue weighted by molar-refractivity contribution is -0.124. The highest BCUT2D eigenvalue weighted by molar-refractivity contribution is 6.01. The lowest BCUT2D eigenvalue weighted by atomic mass is 9.79. The molecule has 1 heterocycles. The lowest BCUT2D eigenvalue weighted by Gasteiger charge is -2.42. The Balaban J connectivity index is 1.83. The number of rotatable bonds is 9. The fourth-order valence-electron chi connectivity index (χ4n) is 4.91. The van der Waals surface area contributed by atoms with Crippen molar-refractivity contribution >= 4 is 11.8 Å². The Hall–Kier alpha value is -4.07. The summed E-state index contributed by atoms with van der Waals surface area (Å²) in [5, 5.41) is 3.00. The summed E-state index contributed by atoms with van der Waals surface area (Å²) in [4.78, 5) is 29.3. The van der Waals surface area contributed by atoms with E-state index in [0.717, 1.165) is 5.56 Å². The van der Waals surface area contributed by atoms with Crippen molar-refractivity contribution in [2.75, 3.05) is 27.9 Å². The first-order valence-electron chi connectivity index (χ1n) is 12.1. The van der Waals surface area contributed by atoms with Gasteiger partial charge in [-0.3, -0.25) is 9.59 Å². The van der Waals surface area contributed by atoms with Crippen LogP contribution in [0.2, 0.25) is 0 Å². The van der Waals surface area contributed by atoms with Gasteiger partial charge in [0.1, 0.15) is 5.82 Å². The molecule has 0 saturated heterocycles. The molecule has 1 aliphatic rings. The summed E-state index contributed by atoms with van der Waals surface area (Å²) in [6.45, 7) is 2.67. The molecule has 0 spiro atoms. The molecule has 0 fully saturated rings. The van der Waals surface area contributed by atoms with E-state index in [1.54, 1.807) is 41.3 Å². The molecule has 37 heavy (non-hydrogen) atoms. The predicted molar refractivity (Wildman–Crippen MR) is 138 cm³/mol. The maximum atomic E-state index is 13.9. The van der Waals surface area contributed by atoms with Crippen molar-refractivity contribution < 1.29 is 28.2 Å². The van der Waals surface area contributed by atoms with E-state index in [4.69, 9.17) is 14.2 Å². The van der Waals surface area contributed by atoms with Crippen LogP contribution in [0.4, 0.5) is 4.39 Å². The van der Waals surface area contributed by atoms with Gasteiger partial charge in [0.15, 0.2) is 11.5 Å². The largest absolute Gasteiger partial charge is 0.493 e. The third kappa shape index (κ3) is 5.09.